The van der Waals surface area contributed by atoms with Crippen LogP contribution in [0.25, 0.3) is 73.7 Å². The van der Waals surface area contributed by atoms with Crippen LogP contribution in [0.5, 0.6) is 0 Å². The number of hydrogen-bond acceptors (Lipinski definition) is 4. The first-order valence-electron chi connectivity index (χ1n) is 21.7. The van der Waals surface area contributed by atoms with E-state index in [4.69, 9.17) is 0 Å². The lowest BCUT2D eigenvalue weighted by atomic mass is 9.97. The molecule has 0 saturated heterocycles. The third-order valence-corrected chi connectivity index (χ3v) is 14.7. The van der Waals surface area contributed by atoms with E-state index < -0.39 is 0 Å². The maximum absolute atomic E-state index is 2.48. The number of thiophene rings is 2. The van der Waals surface area contributed by atoms with Gasteiger partial charge in [0.05, 0.1) is 32.1 Å². The molecule has 10 aromatic carbocycles. The normalized spacial score (nSPS) is 11.4. The average molecular weight is 853 g/mol. The molecule has 12 aromatic rings. The minimum atomic E-state index is 1.10. The van der Waals surface area contributed by atoms with E-state index >= 15 is 0 Å². The molecule has 0 radical (unpaired) electrons. The molecule has 302 valence electrons. The summed E-state index contributed by atoms with van der Waals surface area (Å²) in [4.78, 5) is 4.95. The zero-order valence-electron chi connectivity index (χ0n) is 34.8. The monoisotopic (exact) mass is 852 g/mol. The van der Waals surface area contributed by atoms with Gasteiger partial charge in [-0.05, 0) is 82.9 Å². The number of benzene rings is 10. The summed E-state index contributed by atoms with van der Waals surface area (Å²) < 4.78 is 5.09. The number of para-hydroxylation sites is 2. The fourth-order valence-electron chi connectivity index (χ4n) is 9.29. The van der Waals surface area contributed by atoms with Crippen LogP contribution < -0.4 is 9.80 Å². The highest BCUT2D eigenvalue weighted by molar-refractivity contribution is 7.26. The Hall–Kier alpha value is -7.76. The summed E-state index contributed by atoms with van der Waals surface area (Å²) in [7, 11) is 0. The fourth-order valence-corrected chi connectivity index (χ4v) is 11.7. The minimum Gasteiger partial charge on any atom is -0.308 e. The summed E-state index contributed by atoms with van der Waals surface area (Å²) in [5, 5.41) is 5.10. The third-order valence-electron chi connectivity index (χ3n) is 12.3. The molecular formula is C60H40N2S2. The van der Waals surface area contributed by atoms with Crippen LogP contribution in [-0.2, 0) is 0 Å². The van der Waals surface area contributed by atoms with E-state index in [2.05, 4.69) is 252 Å². The van der Waals surface area contributed by atoms with Crippen LogP contribution in [0.3, 0.4) is 0 Å². The Morgan fingerprint density at radius 2 is 0.562 bits per heavy atom. The van der Waals surface area contributed by atoms with Gasteiger partial charge in [0.15, 0.2) is 0 Å². The molecule has 12 rings (SSSR count). The van der Waals surface area contributed by atoms with Crippen molar-refractivity contribution in [2.75, 3.05) is 9.80 Å². The molecule has 0 spiro atoms. The SMILES string of the molecule is c1ccc(-c2ccc(N(c3ccccc3-c3ccccc3N(c3ccc(-c4ccccc4)cc3)c3cccc4c3sc3ccccc34)c3cccc4c3sc3ccccc34)cc2)cc1. The van der Waals surface area contributed by atoms with Gasteiger partial charge in [-0.1, -0.05) is 182 Å². The third kappa shape index (κ3) is 6.63. The first-order valence-corrected chi connectivity index (χ1v) is 23.3. The van der Waals surface area contributed by atoms with E-state index in [1.54, 1.807) is 0 Å². The highest BCUT2D eigenvalue weighted by atomic mass is 32.1. The number of rotatable bonds is 9. The van der Waals surface area contributed by atoms with Gasteiger partial charge >= 0.3 is 0 Å². The predicted octanol–water partition coefficient (Wildman–Crippen LogP) is 18.4. The van der Waals surface area contributed by atoms with Gasteiger partial charge in [0.2, 0.25) is 0 Å². The zero-order valence-corrected chi connectivity index (χ0v) is 36.4. The van der Waals surface area contributed by atoms with Gasteiger partial charge in [0.25, 0.3) is 0 Å². The Balaban J connectivity index is 1.08. The summed E-state index contributed by atoms with van der Waals surface area (Å²) >= 11 is 3.73. The van der Waals surface area contributed by atoms with Crippen LogP contribution in [0.2, 0.25) is 0 Å². The highest BCUT2D eigenvalue weighted by Crippen LogP contribution is 2.51. The zero-order chi connectivity index (χ0) is 42.4. The Bertz CT molecular complexity index is 3370. The Morgan fingerprint density at radius 3 is 1.00 bits per heavy atom. The first-order chi connectivity index (χ1) is 31.8. The van der Waals surface area contributed by atoms with E-state index in [9.17, 15) is 0 Å². The van der Waals surface area contributed by atoms with Crippen molar-refractivity contribution in [2.45, 2.75) is 0 Å². The van der Waals surface area contributed by atoms with Crippen LogP contribution in [0.4, 0.5) is 34.1 Å². The van der Waals surface area contributed by atoms with Crippen LogP contribution in [0.15, 0.2) is 243 Å². The standard InChI is InChI=1S/C60H40N2S2/c1-3-17-41(18-4-1)43-33-37-45(38-34-43)61(55-29-15-25-51-49-23-9-13-31-57(49)63-59(51)55)53-27-11-7-21-47(53)48-22-8-12-28-54(48)62(46-39-35-44(36-40-46)42-19-5-2-6-20-42)56-30-16-26-52-50-24-10-14-32-58(50)64-60(52)56/h1-40H. The fraction of sp³-hybridized carbons (Fsp3) is 0. The van der Waals surface area contributed by atoms with E-state index in [0.29, 0.717) is 0 Å². The van der Waals surface area contributed by atoms with Crippen molar-refractivity contribution in [3.8, 4) is 33.4 Å². The molecule has 0 fully saturated rings. The van der Waals surface area contributed by atoms with Crippen molar-refractivity contribution in [3.63, 3.8) is 0 Å². The average Bonchev–Trinajstić information content (AvgIpc) is 3.95. The maximum atomic E-state index is 2.48. The van der Waals surface area contributed by atoms with Crippen LogP contribution in [0.1, 0.15) is 0 Å². The maximum Gasteiger partial charge on any atom is 0.0640 e. The Kier molecular flexibility index (Phi) is 9.59. The lowest BCUT2D eigenvalue weighted by Gasteiger charge is -2.31. The van der Waals surface area contributed by atoms with Crippen molar-refractivity contribution >= 4 is 97.1 Å². The largest absolute Gasteiger partial charge is 0.308 e. The molecule has 0 aliphatic rings. The number of nitrogens with zero attached hydrogens (tertiary/aromatic N) is 2. The Labute approximate surface area is 380 Å². The molecule has 64 heavy (non-hydrogen) atoms. The van der Waals surface area contributed by atoms with E-state index in [1.165, 1.54) is 62.6 Å². The van der Waals surface area contributed by atoms with Gasteiger partial charge in [0, 0.05) is 53.4 Å². The predicted molar refractivity (Wildman–Crippen MR) is 278 cm³/mol. The molecular weight excluding hydrogens is 813 g/mol. The van der Waals surface area contributed by atoms with E-state index in [1.807, 2.05) is 22.7 Å². The van der Waals surface area contributed by atoms with E-state index in [0.717, 1.165) is 45.3 Å². The second-order valence-corrected chi connectivity index (χ2v) is 18.1. The Morgan fingerprint density at radius 1 is 0.234 bits per heavy atom. The summed E-state index contributed by atoms with van der Waals surface area (Å²) in [5.41, 5.74) is 13.8. The summed E-state index contributed by atoms with van der Waals surface area (Å²) in [5.74, 6) is 0. The summed E-state index contributed by atoms with van der Waals surface area (Å²) in [6, 6.07) is 88.4. The molecule has 0 amide bonds. The smallest absolute Gasteiger partial charge is 0.0640 e. The molecule has 2 heterocycles. The quantitative estimate of drug-likeness (QED) is 0.143. The second kappa shape index (κ2) is 16.2. The van der Waals surface area contributed by atoms with Gasteiger partial charge in [-0.3, -0.25) is 0 Å². The van der Waals surface area contributed by atoms with Gasteiger partial charge in [-0.2, -0.15) is 0 Å². The summed E-state index contributed by atoms with van der Waals surface area (Å²) in [6.45, 7) is 0. The van der Waals surface area contributed by atoms with Crippen LogP contribution >= 0.6 is 22.7 Å². The lowest BCUT2D eigenvalue weighted by Crippen LogP contribution is -2.14. The minimum absolute atomic E-state index is 1.10. The van der Waals surface area contributed by atoms with Crippen molar-refractivity contribution in [1.29, 1.82) is 0 Å². The molecule has 0 N–H and O–H groups in total. The summed E-state index contributed by atoms with van der Waals surface area (Å²) in [6.07, 6.45) is 0. The van der Waals surface area contributed by atoms with Crippen molar-refractivity contribution in [3.05, 3.63) is 243 Å². The van der Waals surface area contributed by atoms with Crippen LogP contribution in [-0.4, -0.2) is 0 Å². The molecule has 0 unspecified atom stereocenters. The molecule has 2 aromatic heterocycles. The number of anilines is 6. The molecule has 0 aliphatic carbocycles. The number of hydrogen-bond donors (Lipinski definition) is 0. The lowest BCUT2D eigenvalue weighted by molar-refractivity contribution is 1.28. The van der Waals surface area contributed by atoms with Gasteiger partial charge in [0.1, 0.15) is 0 Å². The molecule has 2 nitrogen and oxygen atoms in total. The molecule has 0 atom stereocenters. The van der Waals surface area contributed by atoms with Crippen molar-refractivity contribution in [1.82, 2.24) is 0 Å². The number of fused-ring (bicyclic) bond motifs is 6. The molecule has 0 saturated carbocycles. The first kappa shape index (κ1) is 38.0. The van der Waals surface area contributed by atoms with E-state index in [-0.39, 0.29) is 0 Å². The van der Waals surface area contributed by atoms with Gasteiger partial charge in [-0.25, -0.2) is 0 Å². The molecule has 0 aliphatic heterocycles. The molecule has 0 bridgehead atoms. The van der Waals surface area contributed by atoms with Gasteiger partial charge in [-0.15, -0.1) is 22.7 Å². The second-order valence-electron chi connectivity index (χ2n) is 16.0. The van der Waals surface area contributed by atoms with Crippen LogP contribution in [0, 0.1) is 0 Å². The highest BCUT2D eigenvalue weighted by Gasteiger charge is 2.25. The van der Waals surface area contributed by atoms with Crippen molar-refractivity contribution < 1.29 is 0 Å². The van der Waals surface area contributed by atoms with Gasteiger partial charge < -0.3 is 9.80 Å². The molecule has 4 heteroatoms. The topological polar surface area (TPSA) is 6.48 Å². The van der Waals surface area contributed by atoms with Crippen molar-refractivity contribution in [2.24, 2.45) is 0 Å².